The van der Waals surface area contributed by atoms with E-state index in [0.717, 1.165) is 51.2 Å². The number of carbonyl (C=O) groups is 1. The number of para-hydroxylation sites is 1. The molecule has 4 aromatic rings. The van der Waals surface area contributed by atoms with Crippen molar-refractivity contribution in [2.24, 2.45) is 0 Å². The van der Waals surface area contributed by atoms with Crippen LogP contribution in [0.4, 0.5) is 5.69 Å². The lowest BCUT2D eigenvalue weighted by Crippen LogP contribution is -2.34. The molecule has 4 nitrogen and oxygen atoms in total. The van der Waals surface area contributed by atoms with Crippen LogP contribution >= 0.6 is 23.6 Å². The molecule has 6 heteroatoms. The van der Waals surface area contributed by atoms with Gasteiger partial charge in [0.25, 0.3) is 5.91 Å². The van der Waals surface area contributed by atoms with Crippen LogP contribution in [0.25, 0.3) is 21.2 Å². The third kappa shape index (κ3) is 5.64. The number of rotatable bonds is 8. The summed E-state index contributed by atoms with van der Waals surface area (Å²) >= 11 is 6.96. The standard InChI is InChI=1S/C28H28N2O2S2/c1-3-4-9-18-32-21-16-14-20(15-17-21)23-11-5-7-12-24(23)29-28(33)30-27(31)26-19(2)22-10-6-8-13-25(22)34-26/h5-8,10-17H,3-4,9,18H2,1-2H3,(H2,29,30,31,33). The number of aryl methyl sites for hydroxylation is 1. The summed E-state index contributed by atoms with van der Waals surface area (Å²) in [6.45, 7) is 4.89. The van der Waals surface area contributed by atoms with Gasteiger partial charge in [0.15, 0.2) is 5.11 Å². The minimum absolute atomic E-state index is 0.196. The van der Waals surface area contributed by atoms with Crippen molar-refractivity contribution in [1.82, 2.24) is 5.32 Å². The fraction of sp³-hybridized carbons (Fsp3) is 0.214. The summed E-state index contributed by atoms with van der Waals surface area (Å²) in [5.41, 5.74) is 3.84. The fourth-order valence-electron chi connectivity index (χ4n) is 3.82. The number of hydrogen-bond donors (Lipinski definition) is 2. The van der Waals surface area contributed by atoms with Gasteiger partial charge in [0.2, 0.25) is 0 Å². The summed E-state index contributed by atoms with van der Waals surface area (Å²) in [7, 11) is 0. The molecular formula is C28H28N2O2S2. The Morgan fingerprint density at radius 3 is 2.47 bits per heavy atom. The average Bonchev–Trinajstić information content (AvgIpc) is 3.19. The summed E-state index contributed by atoms with van der Waals surface area (Å²) < 4.78 is 6.92. The molecule has 1 aromatic heterocycles. The Bertz CT molecular complexity index is 1300. The molecule has 0 atom stereocenters. The molecule has 4 rings (SSSR count). The maximum atomic E-state index is 12.9. The largest absolute Gasteiger partial charge is 0.494 e. The Hall–Kier alpha value is -3.22. The second kappa shape index (κ2) is 11.3. The number of hydrogen-bond acceptors (Lipinski definition) is 4. The molecule has 0 aliphatic heterocycles. The van der Waals surface area contributed by atoms with Crippen molar-refractivity contribution in [3.05, 3.63) is 83.2 Å². The number of benzene rings is 3. The van der Waals surface area contributed by atoms with Crippen molar-refractivity contribution in [3.8, 4) is 16.9 Å². The van der Waals surface area contributed by atoms with Gasteiger partial charge >= 0.3 is 0 Å². The first-order valence-corrected chi connectivity index (χ1v) is 12.7. The molecule has 0 fully saturated rings. The topological polar surface area (TPSA) is 50.4 Å². The van der Waals surface area contributed by atoms with Gasteiger partial charge in [0.1, 0.15) is 5.75 Å². The van der Waals surface area contributed by atoms with Gasteiger partial charge in [-0.25, -0.2) is 0 Å². The molecule has 0 aliphatic carbocycles. The Morgan fingerprint density at radius 2 is 1.71 bits per heavy atom. The molecule has 3 aromatic carbocycles. The number of amides is 1. The van der Waals surface area contributed by atoms with E-state index in [1.165, 1.54) is 24.2 Å². The maximum absolute atomic E-state index is 12.9. The summed E-state index contributed by atoms with van der Waals surface area (Å²) in [5.74, 6) is 0.671. The van der Waals surface area contributed by atoms with E-state index < -0.39 is 0 Å². The van der Waals surface area contributed by atoms with Crippen LogP contribution in [-0.2, 0) is 0 Å². The zero-order valence-electron chi connectivity index (χ0n) is 19.4. The highest BCUT2D eigenvalue weighted by Crippen LogP contribution is 2.31. The number of thiocarbonyl (C=S) groups is 1. The van der Waals surface area contributed by atoms with Gasteiger partial charge in [0.05, 0.1) is 11.5 Å². The van der Waals surface area contributed by atoms with Gasteiger partial charge < -0.3 is 10.1 Å². The van der Waals surface area contributed by atoms with E-state index in [1.807, 2.05) is 79.7 Å². The first-order chi connectivity index (χ1) is 16.6. The molecule has 0 unspecified atom stereocenters. The van der Waals surface area contributed by atoms with E-state index in [1.54, 1.807) is 0 Å². The number of fused-ring (bicyclic) bond motifs is 1. The van der Waals surface area contributed by atoms with E-state index in [-0.39, 0.29) is 11.0 Å². The molecule has 34 heavy (non-hydrogen) atoms. The van der Waals surface area contributed by atoms with Gasteiger partial charge in [-0.05, 0) is 66.3 Å². The monoisotopic (exact) mass is 488 g/mol. The summed E-state index contributed by atoms with van der Waals surface area (Å²) in [6.07, 6.45) is 3.42. The third-order valence-corrected chi connectivity index (χ3v) is 7.11. The van der Waals surface area contributed by atoms with Gasteiger partial charge in [-0.15, -0.1) is 11.3 Å². The van der Waals surface area contributed by atoms with Crippen LogP contribution < -0.4 is 15.4 Å². The van der Waals surface area contributed by atoms with E-state index in [4.69, 9.17) is 17.0 Å². The first-order valence-electron chi connectivity index (χ1n) is 11.5. The predicted octanol–water partition coefficient (Wildman–Crippen LogP) is 7.57. The van der Waals surface area contributed by atoms with Crippen LogP contribution in [0.2, 0.25) is 0 Å². The Morgan fingerprint density at radius 1 is 0.971 bits per heavy atom. The molecule has 0 aliphatic rings. The second-order valence-corrected chi connectivity index (χ2v) is 9.55. The zero-order chi connectivity index (χ0) is 23.9. The second-order valence-electron chi connectivity index (χ2n) is 8.09. The number of unbranched alkanes of at least 4 members (excludes halogenated alkanes) is 2. The lowest BCUT2D eigenvalue weighted by molar-refractivity contribution is 0.0981. The molecule has 0 saturated heterocycles. The van der Waals surface area contributed by atoms with Crippen molar-refractivity contribution < 1.29 is 9.53 Å². The average molecular weight is 489 g/mol. The van der Waals surface area contributed by atoms with E-state index in [9.17, 15) is 4.79 Å². The smallest absolute Gasteiger partial charge is 0.267 e. The molecule has 0 saturated carbocycles. The molecule has 0 radical (unpaired) electrons. The Kier molecular flexibility index (Phi) is 7.93. The molecular weight excluding hydrogens is 460 g/mol. The lowest BCUT2D eigenvalue weighted by atomic mass is 10.0. The molecule has 2 N–H and O–H groups in total. The molecule has 0 spiro atoms. The maximum Gasteiger partial charge on any atom is 0.267 e. The molecule has 174 valence electrons. The van der Waals surface area contributed by atoms with E-state index in [0.29, 0.717) is 4.88 Å². The van der Waals surface area contributed by atoms with Crippen LogP contribution in [-0.4, -0.2) is 17.6 Å². The SMILES string of the molecule is CCCCCOc1ccc(-c2ccccc2NC(=S)NC(=O)c2sc3ccccc3c2C)cc1. The van der Waals surface area contributed by atoms with Gasteiger partial charge in [-0.1, -0.05) is 68.3 Å². The van der Waals surface area contributed by atoms with Crippen LogP contribution in [0.3, 0.4) is 0 Å². The van der Waals surface area contributed by atoms with Crippen molar-refractivity contribution in [2.45, 2.75) is 33.1 Å². The first kappa shape index (κ1) is 23.9. The van der Waals surface area contributed by atoms with Crippen molar-refractivity contribution >= 4 is 50.3 Å². The van der Waals surface area contributed by atoms with Gasteiger partial charge in [0, 0.05) is 16.0 Å². The van der Waals surface area contributed by atoms with E-state index in [2.05, 4.69) is 17.6 Å². The molecule has 0 bridgehead atoms. The minimum atomic E-state index is -0.196. The van der Waals surface area contributed by atoms with Crippen molar-refractivity contribution in [2.75, 3.05) is 11.9 Å². The van der Waals surface area contributed by atoms with Gasteiger partial charge in [-0.2, -0.15) is 0 Å². The van der Waals surface area contributed by atoms with Crippen LogP contribution in [0.5, 0.6) is 5.75 Å². The van der Waals surface area contributed by atoms with Crippen LogP contribution in [0.15, 0.2) is 72.8 Å². The van der Waals surface area contributed by atoms with Crippen LogP contribution in [0.1, 0.15) is 41.4 Å². The Balaban J connectivity index is 1.44. The quantitative estimate of drug-likeness (QED) is 0.198. The van der Waals surface area contributed by atoms with Gasteiger partial charge in [-0.3, -0.25) is 10.1 Å². The highest BCUT2D eigenvalue weighted by molar-refractivity contribution is 7.80. The zero-order valence-corrected chi connectivity index (χ0v) is 21.0. The highest BCUT2D eigenvalue weighted by Gasteiger charge is 2.17. The number of thiophene rings is 1. The third-order valence-electron chi connectivity index (χ3n) is 5.63. The summed E-state index contributed by atoms with van der Waals surface area (Å²) in [4.78, 5) is 13.6. The number of nitrogens with one attached hydrogen (secondary N) is 2. The van der Waals surface area contributed by atoms with Crippen molar-refractivity contribution in [3.63, 3.8) is 0 Å². The number of carbonyl (C=O) groups excluding carboxylic acids is 1. The normalized spacial score (nSPS) is 10.8. The molecule has 1 heterocycles. The van der Waals surface area contributed by atoms with Crippen LogP contribution in [0, 0.1) is 6.92 Å². The van der Waals surface area contributed by atoms with Crippen molar-refractivity contribution in [1.29, 1.82) is 0 Å². The predicted molar refractivity (Wildman–Crippen MR) is 147 cm³/mol. The summed E-state index contributed by atoms with van der Waals surface area (Å²) in [6, 6.07) is 24.0. The minimum Gasteiger partial charge on any atom is -0.494 e. The molecule has 1 amide bonds. The number of ether oxygens (including phenoxy) is 1. The fourth-order valence-corrected chi connectivity index (χ4v) is 5.13. The van der Waals surface area contributed by atoms with E-state index >= 15 is 0 Å². The summed E-state index contributed by atoms with van der Waals surface area (Å²) in [5, 5.41) is 7.40. The Labute approximate surface area is 210 Å². The number of anilines is 1. The highest BCUT2D eigenvalue weighted by atomic mass is 32.1. The lowest BCUT2D eigenvalue weighted by Gasteiger charge is -2.14.